The summed E-state index contributed by atoms with van der Waals surface area (Å²) in [5.74, 6) is 1.55. The smallest absolute Gasteiger partial charge is 0.247 e. The quantitative estimate of drug-likeness (QED) is 0.783. The third kappa shape index (κ3) is 3.82. The molecule has 130 valence electrons. The van der Waals surface area contributed by atoms with Crippen LogP contribution in [0.4, 0.5) is 0 Å². The van der Waals surface area contributed by atoms with E-state index in [-0.39, 0.29) is 11.9 Å². The fourth-order valence-corrected chi connectivity index (χ4v) is 3.19. The van der Waals surface area contributed by atoms with Gasteiger partial charge in [0.05, 0.1) is 20.3 Å². The molecular formula is C20H22N2O3. The molecule has 3 rings (SSSR count). The highest BCUT2D eigenvalue weighted by Crippen LogP contribution is 2.39. The number of methoxy groups -OCH3 is 2. The third-order valence-electron chi connectivity index (χ3n) is 4.46. The number of benzene rings is 1. The van der Waals surface area contributed by atoms with E-state index in [1.807, 2.05) is 41.3 Å². The molecule has 0 bridgehead atoms. The summed E-state index contributed by atoms with van der Waals surface area (Å²) in [4.78, 5) is 18.6. The maximum absolute atomic E-state index is 12.7. The molecule has 1 saturated heterocycles. The summed E-state index contributed by atoms with van der Waals surface area (Å²) >= 11 is 0. The molecule has 1 aliphatic heterocycles. The zero-order valence-electron chi connectivity index (χ0n) is 14.5. The third-order valence-corrected chi connectivity index (χ3v) is 4.46. The molecule has 1 fully saturated rings. The fraction of sp³-hybridized carbons (Fsp3) is 0.300. The first-order valence-corrected chi connectivity index (χ1v) is 8.33. The molecule has 1 aromatic heterocycles. The number of amides is 1. The molecule has 5 nitrogen and oxygen atoms in total. The van der Waals surface area contributed by atoms with Crippen LogP contribution in [0.3, 0.4) is 0 Å². The Kier molecular flexibility index (Phi) is 5.33. The Labute approximate surface area is 147 Å². The number of carbonyl (C=O) groups is 1. The number of nitrogens with zero attached hydrogens (tertiary/aromatic N) is 2. The first-order chi connectivity index (χ1) is 12.2. The number of pyridine rings is 1. The molecule has 25 heavy (non-hydrogen) atoms. The minimum atomic E-state index is -0.000333. The van der Waals surface area contributed by atoms with Gasteiger partial charge in [0.25, 0.3) is 0 Å². The van der Waals surface area contributed by atoms with Gasteiger partial charge < -0.3 is 14.4 Å². The minimum absolute atomic E-state index is 0.000333. The van der Waals surface area contributed by atoms with Crippen molar-refractivity contribution in [3.63, 3.8) is 0 Å². The van der Waals surface area contributed by atoms with Crippen LogP contribution in [0.25, 0.3) is 6.08 Å². The first kappa shape index (κ1) is 17.0. The highest BCUT2D eigenvalue weighted by atomic mass is 16.5. The molecule has 2 aromatic rings. The lowest BCUT2D eigenvalue weighted by Crippen LogP contribution is -2.29. The number of rotatable bonds is 5. The lowest BCUT2D eigenvalue weighted by molar-refractivity contribution is -0.126. The van der Waals surface area contributed by atoms with E-state index in [0.717, 1.165) is 42.0 Å². The second-order valence-corrected chi connectivity index (χ2v) is 5.91. The van der Waals surface area contributed by atoms with Crippen LogP contribution in [0.15, 0.2) is 48.8 Å². The predicted octanol–water partition coefficient (Wildman–Crippen LogP) is 3.48. The van der Waals surface area contributed by atoms with Crippen LogP contribution in [0, 0.1) is 0 Å². The van der Waals surface area contributed by atoms with E-state index >= 15 is 0 Å². The molecule has 1 amide bonds. The van der Waals surface area contributed by atoms with Gasteiger partial charge in [-0.15, -0.1) is 0 Å². The topological polar surface area (TPSA) is 51.7 Å². The van der Waals surface area contributed by atoms with E-state index in [1.54, 1.807) is 32.7 Å². The molecule has 5 heteroatoms. The van der Waals surface area contributed by atoms with Crippen molar-refractivity contribution in [2.75, 3.05) is 20.8 Å². The molecule has 0 N–H and O–H groups in total. The van der Waals surface area contributed by atoms with Crippen LogP contribution in [0.2, 0.25) is 0 Å². The van der Waals surface area contributed by atoms with Crippen molar-refractivity contribution in [2.24, 2.45) is 0 Å². The van der Waals surface area contributed by atoms with Crippen molar-refractivity contribution in [1.82, 2.24) is 9.88 Å². The van der Waals surface area contributed by atoms with E-state index < -0.39 is 0 Å². The van der Waals surface area contributed by atoms with Crippen molar-refractivity contribution in [1.29, 1.82) is 0 Å². The van der Waals surface area contributed by atoms with Gasteiger partial charge in [0, 0.05) is 30.6 Å². The number of ether oxygens (including phenoxy) is 2. The van der Waals surface area contributed by atoms with E-state index in [1.165, 1.54) is 0 Å². The Morgan fingerprint density at radius 3 is 2.72 bits per heavy atom. The van der Waals surface area contributed by atoms with Crippen LogP contribution in [0.5, 0.6) is 11.5 Å². The number of hydrogen-bond acceptors (Lipinski definition) is 4. The predicted molar refractivity (Wildman–Crippen MR) is 96.5 cm³/mol. The molecule has 0 saturated carbocycles. The van der Waals surface area contributed by atoms with Crippen LogP contribution in [-0.4, -0.2) is 36.6 Å². The molecule has 2 heterocycles. The van der Waals surface area contributed by atoms with Crippen molar-refractivity contribution < 1.29 is 14.3 Å². The molecule has 0 aliphatic carbocycles. The second-order valence-electron chi connectivity index (χ2n) is 5.91. The summed E-state index contributed by atoms with van der Waals surface area (Å²) in [6.45, 7) is 0.741. The van der Waals surface area contributed by atoms with E-state index in [4.69, 9.17) is 9.47 Å². The van der Waals surface area contributed by atoms with Crippen molar-refractivity contribution in [3.8, 4) is 11.5 Å². The highest BCUT2D eigenvalue weighted by molar-refractivity contribution is 5.92. The van der Waals surface area contributed by atoms with Gasteiger partial charge in [0.1, 0.15) is 11.5 Å². The van der Waals surface area contributed by atoms with Crippen molar-refractivity contribution in [2.45, 2.75) is 18.9 Å². The van der Waals surface area contributed by atoms with Crippen LogP contribution in [-0.2, 0) is 4.79 Å². The molecule has 1 aliphatic rings. The molecule has 1 unspecified atom stereocenters. The molecule has 1 atom stereocenters. The lowest BCUT2D eigenvalue weighted by Gasteiger charge is -2.25. The molecule has 0 radical (unpaired) electrons. The van der Waals surface area contributed by atoms with Crippen molar-refractivity contribution >= 4 is 12.0 Å². The summed E-state index contributed by atoms with van der Waals surface area (Å²) in [6, 6.07) is 9.46. The summed E-state index contributed by atoms with van der Waals surface area (Å²) in [7, 11) is 3.29. The summed E-state index contributed by atoms with van der Waals surface area (Å²) < 4.78 is 10.8. The Balaban J connectivity index is 1.83. The number of carbonyl (C=O) groups excluding carboxylic acids is 1. The van der Waals surface area contributed by atoms with Crippen LogP contribution in [0.1, 0.15) is 30.0 Å². The summed E-state index contributed by atoms with van der Waals surface area (Å²) in [5.41, 5.74) is 1.95. The number of aromatic nitrogens is 1. The van der Waals surface area contributed by atoms with Gasteiger partial charge in [-0.2, -0.15) is 0 Å². The molecule has 1 aromatic carbocycles. The Hall–Kier alpha value is -2.82. The summed E-state index contributed by atoms with van der Waals surface area (Å²) in [5, 5.41) is 0. The van der Waals surface area contributed by atoms with Crippen LogP contribution >= 0.6 is 0 Å². The van der Waals surface area contributed by atoms with Gasteiger partial charge in [-0.05, 0) is 54.8 Å². The standard InChI is InChI=1S/C20H22N2O3/c1-24-16-6-7-19(25-2)17(14-16)18-4-3-13-22(18)20(23)8-5-15-9-11-21-12-10-15/h5-12,14,18H,3-4,13H2,1-2H3/b8-5+. The monoisotopic (exact) mass is 338 g/mol. The molecule has 0 spiro atoms. The van der Waals surface area contributed by atoms with Gasteiger partial charge in [-0.25, -0.2) is 0 Å². The Morgan fingerprint density at radius 2 is 2.00 bits per heavy atom. The maximum Gasteiger partial charge on any atom is 0.247 e. The van der Waals surface area contributed by atoms with Gasteiger partial charge in [0.2, 0.25) is 5.91 Å². The zero-order valence-corrected chi connectivity index (χ0v) is 14.5. The second kappa shape index (κ2) is 7.83. The van der Waals surface area contributed by atoms with Gasteiger partial charge in [-0.1, -0.05) is 0 Å². The lowest BCUT2D eigenvalue weighted by atomic mass is 10.0. The van der Waals surface area contributed by atoms with E-state index in [0.29, 0.717) is 0 Å². The Morgan fingerprint density at radius 1 is 1.20 bits per heavy atom. The molecular weight excluding hydrogens is 316 g/mol. The van der Waals surface area contributed by atoms with Gasteiger partial charge >= 0.3 is 0 Å². The fourth-order valence-electron chi connectivity index (χ4n) is 3.19. The highest BCUT2D eigenvalue weighted by Gasteiger charge is 2.31. The SMILES string of the molecule is COc1ccc(OC)c(C2CCCN2C(=O)/C=C/c2ccncc2)c1. The average molecular weight is 338 g/mol. The zero-order chi connectivity index (χ0) is 17.6. The van der Waals surface area contributed by atoms with E-state index in [2.05, 4.69) is 4.98 Å². The Bertz CT molecular complexity index is 759. The largest absolute Gasteiger partial charge is 0.497 e. The van der Waals surface area contributed by atoms with Crippen LogP contribution < -0.4 is 9.47 Å². The van der Waals surface area contributed by atoms with Crippen molar-refractivity contribution in [3.05, 3.63) is 59.9 Å². The average Bonchev–Trinajstić information content (AvgIpc) is 3.16. The van der Waals surface area contributed by atoms with E-state index in [9.17, 15) is 4.79 Å². The first-order valence-electron chi connectivity index (χ1n) is 8.33. The number of likely N-dealkylation sites (tertiary alicyclic amines) is 1. The number of hydrogen-bond donors (Lipinski definition) is 0. The van der Waals surface area contributed by atoms with Gasteiger partial charge in [-0.3, -0.25) is 9.78 Å². The normalized spacial score (nSPS) is 17.0. The minimum Gasteiger partial charge on any atom is -0.497 e. The maximum atomic E-state index is 12.7. The summed E-state index contributed by atoms with van der Waals surface area (Å²) in [6.07, 6.45) is 8.76. The van der Waals surface area contributed by atoms with Gasteiger partial charge in [0.15, 0.2) is 0 Å².